The molecule has 0 bridgehead atoms. The monoisotopic (exact) mass is 377 g/mol. The van der Waals surface area contributed by atoms with Crippen LogP contribution in [0.25, 0.3) is 5.69 Å². The topological polar surface area (TPSA) is 81.9 Å². The van der Waals surface area contributed by atoms with Gasteiger partial charge in [0.15, 0.2) is 0 Å². The summed E-state index contributed by atoms with van der Waals surface area (Å²) in [7, 11) is 1.62. The van der Waals surface area contributed by atoms with Crippen molar-refractivity contribution in [1.82, 2.24) is 25.5 Å². The lowest BCUT2D eigenvalue weighted by atomic mass is 9.99. The van der Waals surface area contributed by atoms with E-state index in [1.165, 1.54) is 24.6 Å². The smallest absolute Gasteiger partial charge is 0.230 e. The van der Waals surface area contributed by atoms with E-state index in [-0.39, 0.29) is 5.91 Å². The minimum Gasteiger partial charge on any atom is -0.497 e. The van der Waals surface area contributed by atoms with Gasteiger partial charge in [0.05, 0.1) is 18.6 Å². The van der Waals surface area contributed by atoms with E-state index in [0.29, 0.717) is 16.8 Å². The predicted molar refractivity (Wildman–Crippen MR) is 103 cm³/mol. The Labute approximate surface area is 158 Å². The van der Waals surface area contributed by atoms with Crippen molar-refractivity contribution in [2.75, 3.05) is 19.4 Å². The van der Waals surface area contributed by atoms with Gasteiger partial charge in [-0.15, -0.1) is 5.10 Å². The fraction of sp³-hybridized carbons (Fsp3) is 0.556. The van der Waals surface area contributed by atoms with Crippen molar-refractivity contribution in [2.45, 2.75) is 44.7 Å². The van der Waals surface area contributed by atoms with Crippen LogP contribution in [0.5, 0.6) is 5.75 Å². The SMILES string of the molecule is CCCC[C@H](CC)CNC(=O)CSc1nnnn1-c1ccc(OC)cc1. The number of hydrogen-bond donors (Lipinski definition) is 1. The van der Waals surface area contributed by atoms with Gasteiger partial charge in [0.25, 0.3) is 0 Å². The summed E-state index contributed by atoms with van der Waals surface area (Å²) in [4.78, 5) is 12.1. The van der Waals surface area contributed by atoms with Crippen LogP contribution in [-0.4, -0.2) is 45.5 Å². The van der Waals surface area contributed by atoms with Crippen LogP contribution in [0.4, 0.5) is 0 Å². The Morgan fingerprint density at radius 1 is 1.31 bits per heavy atom. The third-order valence-corrected chi connectivity index (χ3v) is 5.14. The number of rotatable bonds is 11. The van der Waals surface area contributed by atoms with E-state index in [1.807, 2.05) is 24.3 Å². The van der Waals surface area contributed by atoms with Crippen LogP contribution in [0, 0.1) is 5.92 Å². The summed E-state index contributed by atoms with van der Waals surface area (Å²) >= 11 is 1.33. The Hall–Kier alpha value is -2.09. The first-order chi connectivity index (χ1) is 12.7. The van der Waals surface area contributed by atoms with Crippen molar-refractivity contribution in [2.24, 2.45) is 5.92 Å². The largest absolute Gasteiger partial charge is 0.497 e. The average Bonchev–Trinajstić information content (AvgIpc) is 3.15. The molecule has 2 rings (SSSR count). The number of carbonyl (C=O) groups is 1. The molecule has 1 amide bonds. The second kappa shape index (κ2) is 10.8. The number of unbranched alkanes of at least 4 members (excludes halogenated alkanes) is 1. The van der Waals surface area contributed by atoms with Gasteiger partial charge < -0.3 is 10.1 Å². The predicted octanol–water partition coefficient (Wildman–Crippen LogP) is 3.10. The molecule has 0 unspecified atom stereocenters. The first-order valence-electron chi connectivity index (χ1n) is 9.00. The first-order valence-corrected chi connectivity index (χ1v) is 9.98. The van der Waals surface area contributed by atoms with Crippen molar-refractivity contribution in [3.8, 4) is 11.4 Å². The van der Waals surface area contributed by atoms with Crippen LogP contribution >= 0.6 is 11.8 Å². The van der Waals surface area contributed by atoms with Crippen molar-refractivity contribution in [3.63, 3.8) is 0 Å². The second-order valence-electron chi connectivity index (χ2n) is 6.08. The van der Waals surface area contributed by atoms with E-state index in [2.05, 4.69) is 34.7 Å². The van der Waals surface area contributed by atoms with Crippen molar-refractivity contribution >= 4 is 17.7 Å². The number of carbonyl (C=O) groups excluding carboxylic acids is 1. The molecule has 1 atom stereocenters. The van der Waals surface area contributed by atoms with Gasteiger partial charge in [0, 0.05) is 6.54 Å². The van der Waals surface area contributed by atoms with E-state index in [0.717, 1.165) is 30.8 Å². The molecule has 1 N–H and O–H groups in total. The van der Waals surface area contributed by atoms with E-state index in [1.54, 1.807) is 11.8 Å². The molecular formula is C18H27N5O2S. The molecule has 26 heavy (non-hydrogen) atoms. The Bertz CT molecular complexity index is 674. The summed E-state index contributed by atoms with van der Waals surface area (Å²) in [5.41, 5.74) is 0.823. The number of hydrogen-bond acceptors (Lipinski definition) is 6. The van der Waals surface area contributed by atoms with Crippen LogP contribution in [0.15, 0.2) is 29.4 Å². The van der Waals surface area contributed by atoms with Crippen molar-refractivity contribution in [1.29, 1.82) is 0 Å². The van der Waals surface area contributed by atoms with Gasteiger partial charge in [0.2, 0.25) is 11.1 Å². The highest BCUT2D eigenvalue weighted by Crippen LogP contribution is 2.20. The quantitative estimate of drug-likeness (QED) is 0.606. The van der Waals surface area contributed by atoms with Gasteiger partial charge in [0.1, 0.15) is 5.75 Å². The molecule has 0 spiro atoms. The molecule has 7 nitrogen and oxygen atoms in total. The molecule has 2 aromatic rings. The summed E-state index contributed by atoms with van der Waals surface area (Å²) in [5.74, 6) is 1.62. The fourth-order valence-electron chi connectivity index (χ4n) is 2.54. The van der Waals surface area contributed by atoms with Gasteiger partial charge >= 0.3 is 0 Å². The number of amides is 1. The van der Waals surface area contributed by atoms with E-state index in [9.17, 15) is 4.79 Å². The number of thioether (sulfide) groups is 1. The summed E-state index contributed by atoms with van der Waals surface area (Å²) < 4.78 is 6.78. The van der Waals surface area contributed by atoms with Crippen molar-refractivity contribution < 1.29 is 9.53 Å². The summed E-state index contributed by atoms with van der Waals surface area (Å²) in [6.07, 6.45) is 4.65. The minimum atomic E-state index is 0.00855. The Morgan fingerprint density at radius 3 is 2.73 bits per heavy atom. The molecular weight excluding hydrogens is 350 g/mol. The van der Waals surface area contributed by atoms with Crippen molar-refractivity contribution in [3.05, 3.63) is 24.3 Å². The number of benzene rings is 1. The van der Waals surface area contributed by atoms with Gasteiger partial charge in [-0.2, -0.15) is 4.68 Å². The summed E-state index contributed by atoms with van der Waals surface area (Å²) in [5, 5.41) is 15.3. The molecule has 1 aromatic carbocycles. The molecule has 1 heterocycles. The third kappa shape index (κ3) is 6.01. The third-order valence-electron chi connectivity index (χ3n) is 4.22. The standard InChI is InChI=1S/C18H27N5O2S/c1-4-6-7-14(5-2)12-19-17(24)13-26-18-20-21-22-23(18)15-8-10-16(25-3)11-9-15/h8-11,14H,4-7,12-13H2,1-3H3,(H,19,24)/t14-/m0/s1. The zero-order valence-corrected chi connectivity index (χ0v) is 16.5. The lowest BCUT2D eigenvalue weighted by molar-refractivity contribution is -0.118. The lowest BCUT2D eigenvalue weighted by Gasteiger charge is -2.15. The molecule has 8 heteroatoms. The molecule has 0 radical (unpaired) electrons. The molecule has 0 aliphatic heterocycles. The maximum absolute atomic E-state index is 12.1. The summed E-state index contributed by atoms with van der Waals surface area (Å²) in [6.45, 7) is 5.10. The van der Waals surface area contributed by atoms with Gasteiger partial charge in [-0.25, -0.2) is 0 Å². The minimum absolute atomic E-state index is 0.00855. The van der Waals surface area contributed by atoms with Crippen LogP contribution in [0.1, 0.15) is 39.5 Å². The molecule has 142 valence electrons. The molecule has 0 aliphatic carbocycles. The number of methoxy groups -OCH3 is 1. The second-order valence-corrected chi connectivity index (χ2v) is 7.02. The first kappa shape index (κ1) is 20.2. The molecule has 0 saturated heterocycles. The van der Waals surface area contributed by atoms with Gasteiger partial charge in [-0.05, 0) is 47.0 Å². The fourth-order valence-corrected chi connectivity index (χ4v) is 3.26. The lowest BCUT2D eigenvalue weighted by Crippen LogP contribution is -2.30. The highest BCUT2D eigenvalue weighted by molar-refractivity contribution is 7.99. The maximum atomic E-state index is 12.1. The van der Waals surface area contributed by atoms with E-state index in [4.69, 9.17) is 4.74 Å². The number of nitrogens with zero attached hydrogens (tertiary/aromatic N) is 4. The Balaban J connectivity index is 1.86. The maximum Gasteiger partial charge on any atom is 0.230 e. The zero-order chi connectivity index (χ0) is 18.8. The molecule has 0 aliphatic rings. The van der Waals surface area contributed by atoms with Crippen LogP contribution in [-0.2, 0) is 4.79 Å². The van der Waals surface area contributed by atoms with Gasteiger partial charge in [-0.3, -0.25) is 4.79 Å². The Kier molecular flexibility index (Phi) is 8.40. The Morgan fingerprint density at radius 2 is 2.08 bits per heavy atom. The average molecular weight is 378 g/mol. The van der Waals surface area contributed by atoms with Crippen LogP contribution in [0.2, 0.25) is 0 Å². The number of aromatic nitrogens is 4. The summed E-state index contributed by atoms with van der Waals surface area (Å²) in [6, 6.07) is 7.44. The highest BCUT2D eigenvalue weighted by atomic mass is 32.2. The van der Waals surface area contributed by atoms with Crippen LogP contribution in [0.3, 0.4) is 0 Å². The number of ether oxygens (including phenoxy) is 1. The van der Waals surface area contributed by atoms with Crippen LogP contribution < -0.4 is 10.1 Å². The van der Waals surface area contributed by atoms with E-state index >= 15 is 0 Å². The molecule has 1 aromatic heterocycles. The number of nitrogens with one attached hydrogen (secondary N) is 1. The van der Waals surface area contributed by atoms with Gasteiger partial charge in [-0.1, -0.05) is 44.9 Å². The highest BCUT2D eigenvalue weighted by Gasteiger charge is 2.13. The normalized spacial score (nSPS) is 12.0. The zero-order valence-electron chi connectivity index (χ0n) is 15.6. The molecule has 0 saturated carbocycles. The molecule has 0 fully saturated rings. The van der Waals surface area contributed by atoms with E-state index < -0.39 is 0 Å². The number of tetrazole rings is 1.